The second-order valence-corrected chi connectivity index (χ2v) is 8.73. The second kappa shape index (κ2) is 12.0. The minimum atomic E-state index is -0.133. The fourth-order valence-corrected chi connectivity index (χ4v) is 4.29. The quantitative estimate of drug-likeness (QED) is 0.436. The van der Waals surface area contributed by atoms with Gasteiger partial charge in [-0.15, -0.1) is 0 Å². The summed E-state index contributed by atoms with van der Waals surface area (Å²) in [5, 5.41) is 4.83. The first-order chi connectivity index (χ1) is 17.1. The number of nitrogens with zero attached hydrogens (tertiary/aromatic N) is 2. The lowest BCUT2D eigenvalue weighted by molar-refractivity contribution is 0.0358. The molecule has 1 aliphatic rings. The lowest BCUT2D eigenvalue weighted by Crippen LogP contribution is -2.44. The number of thiocarbonyl (C=S) groups is 1. The number of anilines is 1. The third-order valence-corrected chi connectivity index (χ3v) is 6.35. The molecular weight excluding hydrogens is 464 g/mol. The summed E-state index contributed by atoms with van der Waals surface area (Å²) >= 11 is 5.79. The van der Waals surface area contributed by atoms with Crippen molar-refractivity contribution in [3.63, 3.8) is 0 Å². The normalized spacial score (nSPS) is 14.0. The first-order valence-corrected chi connectivity index (χ1v) is 12.3. The Morgan fingerprint density at radius 1 is 1.14 bits per heavy atom. The molecule has 2 heterocycles. The Labute approximate surface area is 210 Å². The molecule has 0 radical (unpaired) electrons. The molecule has 2 N–H and O–H groups in total. The fraction of sp³-hybridized carbons (Fsp3) is 0.385. The van der Waals surface area contributed by atoms with Crippen LogP contribution in [0.25, 0.3) is 10.9 Å². The molecule has 1 aliphatic heterocycles. The van der Waals surface area contributed by atoms with Crippen molar-refractivity contribution in [2.45, 2.75) is 13.5 Å². The molecule has 0 unspecified atom stereocenters. The van der Waals surface area contributed by atoms with Crippen molar-refractivity contribution in [1.29, 1.82) is 0 Å². The number of methoxy groups -OCH3 is 1. The van der Waals surface area contributed by atoms with Crippen LogP contribution in [0.15, 0.2) is 53.3 Å². The molecule has 35 heavy (non-hydrogen) atoms. The molecule has 0 amide bonds. The van der Waals surface area contributed by atoms with E-state index in [4.69, 9.17) is 26.4 Å². The standard InChI is InChI=1S/C26H32N4O4S/c1-3-34-22-8-5-21(6-9-22)27-26(35)30(11-10-29-12-14-33-15-13-29)18-20-16-19-4-7-23(32-2)17-24(19)28-25(20)31/h4-9,16-17H,3,10-15,18H2,1-2H3,(H,27,35)(H,28,31). The van der Waals surface area contributed by atoms with E-state index < -0.39 is 0 Å². The SMILES string of the molecule is CCOc1ccc(NC(=S)N(CCN2CCOCC2)Cc2cc3ccc(OC)cc3[nH]c2=O)cc1. The highest BCUT2D eigenvalue weighted by molar-refractivity contribution is 7.80. The molecule has 0 bridgehead atoms. The number of H-pyrrole nitrogens is 1. The number of pyridine rings is 1. The Bertz CT molecular complexity index is 1190. The summed E-state index contributed by atoms with van der Waals surface area (Å²) in [6.07, 6.45) is 0. The molecule has 0 aliphatic carbocycles. The summed E-state index contributed by atoms with van der Waals surface area (Å²) in [6.45, 7) is 7.75. The Balaban J connectivity index is 1.52. The number of benzene rings is 2. The maximum Gasteiger partial charge on any atom is 0.253 e. The van der Waals surface area contributed by atoms with Crippen LogP contribution in [-0.2, 0) is 11.3 Å². The van der Waals surface area contributed by atoms with E-state index in [0.29, 0.717) is 36.1 Å². The number of fused-ring (bicyclic) bond motifs is 1. The van der Waals surface area contributed by atoms with Crippen molar-refractivity contribution in [2.24, 2.45) is 0 Å². The third-order valence-electron chi connectivity index (χ3n) is 5.98. The molecule has 1 saturated heterocycles. The maximum absolute atomic E-state index is 12.9. The van der Waals surface area contributed by atoms with Gasteiger partial charge in [-0.3, -0.25) is 9.69 Å². The number of aromatic amines is 1. The molecule has 0 atom stereocenters. The van der Waals surface area contributed by atoms with E-state index in [2.05, 4.69) is 15.2 Å². The number of aromatic nitrogens is 1. The maximum atomic E-state index is 12.9. The summed E-state index contributed by atoms with van der Waals surface area (Å²) in [7, 11) is 1.61. The van der Waals surface area contributed by atoms with Gasteiger partial charge in [0, 0.05) is 43.5 Å². The Hall–Kier alpha value is -3.14. The number of hydrogen-bond acceptors (Lipinski definition) is 6. The highest BCUT2D eigenvalue weighted by atomic mass is 32.1. The Kier molecular flexibility index (Phi) is 8.57. The Morgan fingerprint density at radius 2 is 1.89 bits per heavy atom. The van der Waals surface area contributed by atoms with Crippen molar-refractivity contribution in [3.05, 3.63) is 64.4 Å². The monoisotopic (exact) mass is 496 g/mol. The van der Waals surface area contributed by atoms with Gasteiger partial charge in [0.1, 0.15) is 11.5 Å². The molecule has 8 nitrogen and oxygen atoms in total. The van der Waals surface area contributed by atoms with Crippen LogP contribution in [0.3, 0.4) is 0 Å². The van der Waals surface area contributed by atoms with Crippen LogP contribution in [-0.4, -0.2) is 73.0 Å². The third kappa shape index (κ3) is 6.72. The predicted molar refractivity (Wildman–Crippen MR) is 143 cm³/mol. The molecule has 1 aromatic heterocycles. The van der Waals surface area contributed by atoms with E-state index in [9.17, 15) is 4.79 Å². The lowest BCUT2D eigenvalue weighted by atomic mass is 10.1. The van der Waals surface area contributed by atoms with Crippen LogP contribution < -0.4 is 20.3 Å². The first kappa shape index (κ1) is 25.0. The Morgan fingerprint density at radius 3 is 2.60 bits per heavy atom. The van der Waals surface area contributed by atoms with Gasteiger partial charge in [0.25, 0.3) is 5.56 Å². The van der Waals surface area contributed by atoms with E-state index in [0.717, 1.165) is 55.2 Å². The topological polar surface area (TPSA) is 79.1 Å². The molecule has 3 aromatic rings. The molecule has 186 valence electrons. The van der Waals surface area contributed by atoms with Gasteiger partial charge in [0.15, 0.2) is 5.11 Å². The van der Waals surface area contributed by atoms with Crippen molar-refractivity contribution < 1.29 is 14.2 Å². The fourth-order valence-electron chi connectivity index (χ4n) is 4.02. The van der Waals surface area contributed by atoms with Crippen molar-refractivity contribution >= 4 is 33.9 Å². The van der Waals surface area contributed by atoms with Crippen molar-refractivity contribution in [1.82, 2.24) is 14.8 Å². The zero-order chi connectivity index (χ0) is 24.6. The highest BCUT2D eigenvalue weighted by Crippen LogP contribution is 2.20. The van der Waals surface area contributed by atoms with Gasteiger partial charge in [-0.25, -0.2) is 0 Å². The molecular formula is C26H32N4O4S. The average Bonchev–Trinajstić information content (AvgIpc) is 2.88. The second-order valence-electron chi connectivity index (χ2n) is 8.34. The summed E-state index contributed by atoms with van der Waals surface area (Å²) < 4.78 is 16.3. The van der Waals surface area contributed by atoms with Gasteiger partial charge in [0.05, 0.1) is 39.0 Å². The molecule has 0 spiro atoms. The van der Waals surface area contributed by atoms with Gasteiger partial charge in [0.2, 0.25) is 0 Å². The van der Waals surface area contributed by atoms with E-state index in [-0.39, 0.29) is 5.56 Å². The van der Waals surface area contributed by atoms with E-state index in [1.807, 2.05) is 60.4 Å². The van der Waals surface area contributed by atoms with Crippen LogP contribution in [0.2, 0.25) is 0 Å². The number of hydrogen-bond donors (Lipinski definition) is 2. The smallest absolute Gasteiger partial charge is 0.253 e. The number of morpholine rings is 1. The van der Waals surface area contributed by atoms with E-state index in [1.54, 1.807) is 7.11 Å². The van der Waals surface area contributed by atoms with E-state index in [1.165, 1.54) is 0 Å². The molecule has 1 fully saturated rings. The molecule has 0 saturated carbocycles. The van der Waals surface area contributed by atoms with Gasteiger partial charge < -0.3 is 29.4 Å². The van der Waals surface area contributed by atoms with Crippen LogP contribution in [0, 0.1) is 0 Å². The van der Waals surface area contributed by atoms with Gasteiger partial charge in [-0.05, 0) is 67.0 Å². The van der Waals surface area contributed by atoms with Crippen LogP contribution in [0.1, 0.15) is 12.5 Å². The van der Waals surface area contributed by atoms with Crippen LogP contribution in [0.4, 0.5) is 5.69 Å². The molecule has 2 aromatic carbocycles. The molecule has 4 rings (SSSR count). The number of rotatable bonds is 9. The minimum Gasteiger partial charge on any atom is -0.497 e. The summed E-state index contributed by atoms with van der Waals surface area (Å²) in [4.78, 5) is 20.3. The zero-order valence-corrected chi connectivity index (χ0v) is 21.0. The molecule has 9 heteroatoms. The number of ether oxygens (including phenoxy) is 3. The van der Waals surface area contributed by atoms with Gasteiger partial charge >= 0.3 is 0 Å². The summed E-state index contributed by atoms with van der Waals surface area (Å²) in [6, 6.07) is 15.3. The van der Waals surface area contributed by atoms with Crippen LogP contribution in [0.5, 0.6) is 11.5 Å². The van der Waals surface area contributed by atoms with Gasteiger partial charge in [-0.2, -0.15) is 0 Å². The minimum absolute atomic E-state index is 0.133. The summed E-state index contributed by atoms with van der Waals surface area (Å²) in [5.74, 6) is 1.52. The average molecular weight is 497 g/mol. The van der Waals surface area contributed by atoms with Crippen molar-refractivity contribution in [2.75, 3.05) is 58.4 Å². The van der Waals surface area contributed by atoms with Gasteiger partial charge in [-0.1, -0.05) is 0 Å². The first-order valence-electron chi connectivity index (χ1n) is 11.8. The highest BCUT2D eigenvalue weighted by Gasteiger charge is 2.17. The largest absolute Gasteiger partial charge is 0.497 e. The number of nitrogens with one attached hydrogen (secondary N) is 2. The summed E-state index contributed by atoms with van der Waals surface area (Å²) in [5.41, 5.74) is 2.13. The predicted octanol–water partition coefficient (Wildman–Crippen LogP) is 3.47. The van der Waals surface area contributed by atoms with Crippen LogP contribution >= 0.6 is 12.2 Å². The zero-order valence-electron chi connectivity index (χ0n) is 20.2. The van der Waals surface area contributed by atoms with Crippen molar-refractivity contribution in [3.8, 4) is 11.5 Å². The lowest BCUT2D eigenvalue weighted by Gasteiger charge is -2.31. The van der Waals surface area contributed by atoms with E-state index >= 15 is 0 Å².